The molecule has 0 aliphatic heterocycles. The molecular weight excluding hydrogens is 322 g/mol. The number of aromatic nitrogens is 1. The van der Waals surface area contributed by atoms with Gasteiger partial charge in [0.05, 0.1) is 18.0 Å². The number of benzene rings is 1. The molecule has 0 fully saturated rings. The Morgan fingerprint density at radius 3 is 2.85 bits per heavy atom. The first-order valence-electron chi connectivity index (χ1n) is 6.03. The van der Waals surface area contributed by atoms with E-state index in [1.165, 1.54) is 7.11 Å². The second-order valence-electron chi connectivity index (χ2n) is 4.07. The third-order valence-electron chi connectivity index (χ3n) is 2.72. The van der Waals surface area contributed by atoms with Crippen molar-refractivity contribution in [3.8, 4) is 11.5 Å². The Kier molecular flexibility index (Phi) is 5.12. The maximum atomic E-state index is 11.7. The largest absolute Gasteiger partial charge is 0.496 e. The number of nitrogens with zero attached hydrogens (tertiary/aromatic N) is 1. The molecule has 4 nitrogen and oxygen atoms in total. The molecule has 0 saturated heterocycles. The van der Waals surface area contributed by atoms with Gasteiger partial charge in [-0.2, -0.15) is 0 Å². The fourth-order valence-electron chi connectivity index (χ4n) is 1.71. The van der Waals surface area contributed by atoms with Crippen LogP contribution in [-0.2, 0) is 6.61 Å². The average molecular weight is 336 g/mol. The topological polar surface area (TPSA) is 48.4 Å². The smallest absolute Gasteiger partial charge is 0.177 e. The molecule has 5 heteroatoms. The maximum Gasteiger partial charge on any atom is 0.177 e. The van der Waals surface area contributed by atoms with Crippen LogP contribution < -0.4 is 9.47 Å². The fourth-order valence-corrected chi connectivity index (χ4v) is 2.02. The van der Waals surface area contributed by atoms with Crippen LogP contribution in [0.4, 0.5) is 0 Å². The predicted octanol–water partition coefficient (Wildman–Crippen LogP) is 3.25. The van der Waals surface area contributed by atoms with Gasteiger partial charge in [0, 0.05) is 24.0 Å². The Hall–Kier alpha value is -1.88. The van der Waals surface area contributed by atoms with E-state index in [4.69, 9.17) is 9.47 Å². The van der Waals surface area contributed by atoms with Crippen LogP contribution in [0.3, 0.4) is 0 Å². The standard InChI is InChI=1S/C15H14BrNO3/c1-19-15-7-12(4-5-13(15)14(18)8-16)20-10-11-3-2-6-17-9-11/h2-7,9H,8,10H2,1H3. The van der Waals surface area contributed by atoms with Crippen molar-refractivity contribution in [1.29, 1.82) is 0 Å². The average Bonchev–Trinajstić information content (AvgIpc) is 2.52. The molecule has 0 aliphatic carbocycles. The Labute approximate surface area is 125 Å². The van der Waals surface area contributed by atoms with Crippen LogP contribution in [0.25, 0.3) is 0 Å². The number of carbonyl (C=O) groups is 1. The van der Waals surface area contributed by atoms with Gasteiger partial charge < -0.3 is 9.47 Å². The van der Waals surface area contributed by atoms with Crippen molar-refractivity contribution in [3.63, 3.8) is 0 Å². The molecule has 104 valence electrons. The minimum absolute atomic E-state index is 0.0272. The summed E-state index contributed by atoms with van der Waals surface area (Å²) < 4.78 is 10.9. The quantitative estimate of drug-likeness (QED) is 0.600. The summed E-state index contributed by atoms with van der Waals surface area (Å²) in [6.07, 6.45) is 3.47. The van der Waals surface area contributed by atoms with Crippen molar-refractivity contribution >= 4 is 21.7 Å². The second-order valence-corrected chi connectivity index (χ2v) is 4.63. The van der Waals surface area contributed by atoms with Crippen LogP contribution in [0.1, 0.15) is 15.9 Å². The van der Waals surface area contributed by atoms with E-state index in [-0.39, 0.29) is 11.1 Å². The van der Waals surface area contributed by atoms with Crippen molar-refractivity contribution < 1.29 is 14.3 Å². The molecular formula is C15H14BrNO3. The molecule has 0 unspecified atom stereocenters. The summed E-state index contributed by atoms with van der Waals surface area (Å²) in [5.74, 6) is 1.13. The molecule has 0 amide bonds. The number of ketones is 1. The summed E-state index contributed by atoms with van der Waals surface area (Å²) in [4.78, 5) is 15.7. The Morgan fingerprint density at radius 1 is 1.35 bits per heavy atom. The highest BCUT2D eigenvalue weighted by molar-refractivity contribution is 9.09. The van der Waals surface area contributed by atoms with Crippen molar-refractivity contribution in [2.24, 2.45) is 0 Å². The molecule has 1 heterocycles. The number of hydrogen-bond donors (Lipinski definition) is 0. The molecule has 0 radical (unpaired) electrons. The number of alkyl halides is 1. The van der Waals surface area contributed by atoms with Crippen LogP contribution in [-0.4, -0.2) is 23.2 Å². The first-order valence-corrected chi connectivity index (χ1v) is 7.15. The summed E-state index contributed by atoms with van der Waals surface area (Å²) in [6, 6.07) is 8.98. The molecule has 0 spiro atoms. The molecule has 1 aromatic heterocycles. The molecule has 0 N–H and O–H groups in total. The van der Waals surface area contributed by atoms with Gasteiger partial charge in [-0.25, -0.2) is 0 Å². The van der Waals surface area contributed by atoms with Crippen molar-refractivity contribution in [2.75, 3.05) is 12.4 Å². The number of rotatable bonds is 6. The number of methoxy groups -OCH3 is 1. The zero-order valence-electron chi connectivity index (χ0n) is 11.0. The number of pyridine rings is 1. The lowest BCUT2D eigenvalue weighted by atomic mass is 10.1. The monoisotopic (exact) mass is 335 g/mol. The summed E-state index contributed by atoms with van der Waals surface area (Å²) in [7, 11) is 1.53. The second kappa shape index (κ2) is 7.05. The Balaban J connectivity index is 2.12. The van der Waals surface area contributed by atoms with Crippen molar-refractivity contribution in [1.82, 2.24) is 4.98 Å². The van der Waals surface area contributed by atoms with E-state index >= 15 is 0 Å². The van der Waals surface area contributed by atoms with E-state index in [0.29, 0.717) is 23.7 Å². The maximum absolute atomic E-state index is 11.7. The summed E-state index contributed by atoms with van der Waals surface area (Å²) in [5, 5.41) is 0.263. The van der Waals surface area contributed by atoms with E-state index in [0.717, 1.165) is 5.56 Å². The van der Waals surface area contributed by atoms with Gasteiger partial charge in [-0.15, -0.1) is 0 Å². The van der Waals surface area contributed by atoms with E-state index < -0.39 is 0 Å². The lowest BCUT2D eigenvalue weighted by Gasteiger charge is -2.10. The molecule has 2 aromatic rings. The third kappa shape index (κ3) is 3.57. The normalized spacial score (nSPS) is 10.1. The zero-order valence-corrected chi connectivity index (χ0v) is 12.6. The van der Waals surface area contributed by atoms with Gasteiger partial charge >= 0.3 is 0 Å². The highest BCUT2D eigenvalue weighted by atomic mass is 79.9. The van der Waals surface area contributed by atoms with Gasteiger partial charge in [-0.1, -0.05) is 22.0 Å². The zero-order chi connectivity index (χ0) is 14.4. The molecule has 2 rings (SSSR count). The number of ether oxygens (including phenoxy) is 2. The summed E-state index contributed by atoms with van der Waals surface area (Å²) >= 11 is 3.15. The van der Waals surface area contributed by atoms with Gasteiger partial charge in [-0.3, -0.25) is 9.78 Å². The van der Waals surface area contributed by atoms with Gasteiger partial charge in [0.25, 0.3) is 0 Å². The van der Waals surface area contributed by atoms with Gasteiger partial charge in [0.2, 0.25) is 0 Å². The van der Waals surface area contributed by atoms with Crippen LogP contribution in [0, 0.1) is 0 Å². The SMILES string of the molecule is COc1cc(OCc2cccnc2)ccc1C(=O)CBr. The number of carbonyl (C=O) groups excluding carboxylic acids is 1. The number of Topliss-reactive ketones (excluding diaryl/α,β-unsaturated/α-hetero) is 1. The Bertz CT molecular complexity index is 587. The van der Waals surface area contributed by atoms with Gasteiger partial charge in [-0.05, 0) is 18.2 Å². The summed E-state index contributed by atoms with van der Waals surface area (Å²) in [6.45, 7) is 0.419. The first-order chi connectivity index (χ1) is 9.74. The van der Waals surface area contributed by atoms with E-state index in [9.17, 15) is 4.79 Å². The van der Waals surface area contributed by atoms with Crippen LogP contribution in [0.15, 0.2) is 42.7 Å². The summed E-state index contributed by atoms with van der Waals surface area (Å²) in [5.41, 5.74) is 1.52. The third-order valence-corrected chi connectivity index (χ3v) is 3.23. The highest BCUT2D eigenvalue weighted by Crippen LogP contribution is 2.26. The molecule has 0 saturated carbocycles. The minimum atomic E-state index is -0.0272. The molecule has 0 atom stereocenters. The molecule has 20 heavy (non-hydrogen) atoms. The fraction of sp³-hybridized carbons (Fsp3) is 0.200. The van der Waals surface area contributed by atoms with Crippen molar-refractivity contribution in [2.45, 2.75) is 6.61 Å². The van der Waals surface area contributed by atoms with Crippen molar-refractivity contribution in [3.05, 3.63) is 53.9 Å². The minimum Gasteiger partial charge on any atom is -0.496 e. The van der Waals surface area contributed by atoms with Crippen LogP contribution in [0.5, 0.6) is 11.5 Å². The number of halogens is 1. The first kappa shape index (κ1) is 14.5. The predicted molar refractivity (Wildman–Crippen MR) is 79.7 cm³/mol. The van der Waals surface area contributed by atoms with E-state index in [2.05, 4.69) is 20.9 Å². The Morgan fingerprint density at radius 2 is 2.20 bits per heavy atom. The van der Waals surface area contributed by atoms with Crippen LogP contribution >= 0.6 is 15.9 Å². The lowest BCUT2D eigenvalue weighted by molar-refractivity contribution is 0.102. The van der Waals surface area contributed by atoms with Crippen LogP contribution in [0.2, 0.25) is 0 Å². The van der Waals surface area contributed by atoms with E-state index in [1.54, 1.807) is 30.6 Å². The highest BCUT2D eigenvalue weighted by Gasteiger charge is 2.12. The molecule has 1 aromatic carbocycles. The lowest BCUT2D eigenvalue weighted by Crippen LogP contribution is -2.04. The van der Waals surface area contributed by atoms with Gasteiger partial charge in [0.15, 0.2) is 5.78 Å². The number of hydrogen-bond acceptors (Lipinski definition) is 4. The van der Waals surface area contributed by atoms with Gasteiger partial charge in [0.1, 0.15) is 18.1 Å². The molecule has 0 aliphatic rings. The van der Waals surface area contributed by atoms with E-state index in [1.807, 2.05) is 12.1 Å². The molecule has 0 bridgehead atoms.